The number of hydrogen-bond acceptors (Lipinski definition) is 1. The minimum Gasteiger partial charge on any atom is -0.347 e. The molecule has 3 heteroatoms. The van der Waals surface area contributed by atoms with Crippen LogP contribution in [-0.4, -0.2) is 9.55 Å². The standard InChI is InChI=1S/C11H11N2.Pt/c1-9-12-11(8-13(9)2)10-6-4-3-5-7-10;/h3-6,8H,1-2H3;/q-1;. The number of aryl methyl sites for hydroxylation is 2. The second-order valence-electron chi connectivity index (χ2n) is 3.06. The van der Waals surface area contributed by atoms with Gasteiger partial charge in [-0.05, 0) is 13.1 Å². The normalized spacial score (nSPS) is 9.57. The molecule has 0 N–H and O–H groups in total. The second kappa shape index (κ2) is 4.56. The van der Waals surface area contributed by atoms with E-state index in [4.69, 9.17) is 0 Å². The van der Waals surface area contributed by atoms with E-state index in [9.17, 15) is 0 Å². The number of aromatic nitrogens is 2. The first-order valence-corrected chi connectivity index (χ1v) is 4.24. The van der Waals surface area contributed by atoms with Crippen LogP contribution in [-0.2, 0) is 28.1 Å². The Morgan fingerprint density at radius 1 is 1.36 bits per heavy atom. The van der Waals surface area contributed by atoms with E-state index in [0.717, 1.165) is 17.1 Å². The second-order valence-corrected chi connectivity index (χ2v) is 3.06. The van der Waals surface area contributed by atoms with Gasteiger partial charge in [-0.2, -0.15) is 0 Å². The van der Waals surface area contributed by atoms with E-state index in [0.29, 0.717) is 0 Å². The summed E-state index contributed by atoms with van der Waals surface area (Å²) in [7, 11) is 1.99. The monoisotopic (exact) mass is 366 g/mol. The van der Waals surface area contributed by atoms with Crippen LogP contribution in [0, 0.1) is 13.0 Å². The Morgan fingerprint density at radius 3 is 2.64 bits per heavy atom. The zero-order chi connectivity index (χ0) is 9.26. The van der Waals surface area contributed by atoms with Crippen LogP contribution >= 0.6 is 0 Å². The summed E-state index contributed by atoms with van der Waals surface area (Å²) >= 11 is 0. The van der Waals surface area contributed by atoms with Crippen molar-refractivity contribution in [1.82, 2.24) is 9.55 Å². The molecule has 0 atom stereocenters. The molecule has 0 amide bonds. The van der Waals surface area contributed by atoms with Crippen LogP contribution in [0.5, 0.6) is 0 Å². The van der Waals surface area contributed by atoms with E-state index in [1.807, 2.05) is 49.0 Å². The predicted molar refractivity (Wildman–Crippen MR) is 52.2 cm³/mol. The number of rotatable bonds is 1. The SMILES string of the molecule is Cc1nc(-c2[c-]cccc2)cn1C.[Pt]. The van der Waals surface area contributed by atoms with Gasteiger partial charge >= 0.3 is 0 Å². The van der Waals surface area contributed by atoms with E-state index in [2.05, 4.69) is 11.1 Å². The molecular formula is C11H11N2Pt-. The van der Waals surface area contributed by atoms with E-state index in [1.54, 1.807) is 0 Å². The molecule has 1 aromatic heterocycles. The van der Waals surface area contributed by atoms with E-state index < -0.39 is 0 Å². The summed E-state index contributed by atoms with van der Waals surface area (Å²) < 4.78 is 2.01. The van der Waals surface area contributed by atoms with Crippen molar-refractivity contribution in [2.45, 2.75) is 6.92 Å². The van der Waals surface area contributed by atoms with Crippen molar-refractivity contribution < 1.29 is 21.1 Å². The van der Waals surface area contributed by atoms with Gasteiger partial charge in [0.2, 0.25) is 0 Å². The first-order chi connectivity index (χ1) is 6.27. The Bertz CT molecular complexity index is 387. The van der Waals surface area contributed by atoms with Crippen molar-refractivity contribution in [3.05, 3.63) is 42.4 Å². The largest absolute Gasteiger partial charge is 0.347 e. The van der Waals surface area contributed by atoms with Gasteiger partial charge < -0.3 is 4.57 Å². The third kappa shape index (κ3) is 2.13. The summed E-state index contributed by atoms with van der Waals surface area (Å²) in [6.07, 6.45) is 2.02. The van der Waals surface area contributed by atoms with Crippen molar-refractivity contribution in [3.63, 3.8) is 0 Å². The van der Waals surface area contributed by atoms with E-state index in [-0.39, 0.29) is 21.1 Å². The van der Waals surface area contributed by atoms with Crippen LogP contribution in [0.3, 0.4) is 0 Å². The van der Waals surface area contributed by atoms with E-state index in [1.165, 1.54) is 0 Å². The van der Waals surface area contributed by atoms with Crippen LogP contribution in [0.15, 0.2) is 30.5 Å². The molecule has 0 aliphatic rings. The van der Waals surface area contributed by atoms with Crippen molar-refractivity contribution in [3.8, 4) is 11.3 Å². The Balaban J connectivity index is 0.000000980. The summed E-state index contributed by atoms with van der Waals surface area (Å²) in [4.78, 5) is 4.41. The summed E-state index contributed by atoms with van der Waals surface area (Å²) in [5.41, 5.74) is 2.03. The van der Waals surface area contributed by atoms with Crippen LogP contribution in [0.25, 0.3) is 11.3 Å². The number of benzene rings is 1. The molecule has 0 saturated heterocycles. The molecule has 0 aliphatic carbocycles. The smallest absolute Gasteiger partial charge is 0.0943 e. The van der Waals surface area contributed by atoms with Gasteiger partial charge in [0, 0.05) is 33.8 Å². The number of nitrogens with zero attached hydrogens (tertiary/aromatic N) is 2. The summed E-state index contributed by atoms with van der Waals surface area (Å²) in [6.45, 7) is 1.99. The third-order valence-corrected chi connectivity index (χ3v) is 2.09. The molecule has 0 saturated carbocycles. The fourth-order valence-electron chi connectivity index (χ4n) is 1.24. The fraction of sp³-hybridized carbons (Fsp3) is 0.182. The van der Waals surface area contributed by atoms with Gasteiger partial charge in [-0.1, -0.05) is 0 Å². The molecule has 0 unspecified atom stereocenters. The summed E-state index contributed by atoms with van der Waals surface area (Å²) in [6, 6.07) is 11.0. The zero-order valence-corrected chi connectivity index (χ0v) is 10.4. The molecule has 0 radical (unpaired) electrons. The average Bonchev–Trinajstić information content (AvgIpc) is 2.49. The van der Waals surface area contributed by atoms with Crippen molar-refractivity contribution in [1.29, 1.82) is 0 Å². The molecule has 2 rings (SSSR count). The molecule has 0 bridgehead atoms. The molecular weight excluding hydrogens is 355 g/mol. The average molecular weight is 366 g/mol. The van der Waals surface area contributed by atoms with Gasteiger partial charge in [0.15, 0.2) is 0 Å². The Kier molecular flexibility index (Phi) is 3.65. The minimum atomic E-state index is 0. The third-order valence-electron chi connectivity index (χ3n) is 2.09. The maximum absolute atomic E-state index is 4.41. The number of hydrogen-bond donors (Lipinski definition) is 0. The maximum Gasteiger partial charge on any atom is 0.0943 e. The van der Waals surface area contributed by atoms with Gasteiger partial charge in [-0.3, -0.25) is 4.98 Å². The molecule has 1 heterocycles. The van der Waals surface area contributed by atoms with Crippen LogP contribution in [0.2, 0.25) is 0 Å². The van der Waals surface area contributed by atoms with Gasteiger partial charge in [0.05, 0.1) is 5.82 Å². The van der Waals surface area contributed by atoms with Gasteiger partial charge in [0.25, 0.3) is 0 Å². The molecule has 0 aliphatic heterocycles. The van der Waals surface area contributed by atoms with Gasteiger partial charge in [0.1, 0.15) is 0 Å². The molecule has 0 spiro atoms. The quantitative estimate of drug-likeness (QED) is 0.708. The summed E-state index contributed by atoms with van der Waals surface area (Å²) in [5.74, 6) is 1.02. The predicted octanol–water partition coefficient (Wildman–Crippen LogP) is 2.19. The van der Waals surface area contributed by atoms with Crippen molar-refractivity contribution in [2.75, 3.05) is 0 Å². The van der Waals surface area contributed by atoms with E-state index >= 15 is 0 Å². The molecule has 1 aromatic carbocycles. The fourth-order valence-corrected chi connectivity index (χ4v) is 1.24. The molecule has 2 nitrogen and oxygen atoms in total. The summed E-state index contributed by atoms with van der Waals surface area (Å²) in [5, 5.41) is 0. The molecule has 2 aromatic rings. The van der Waals surface area contributed by atoms with Crippen LogP contribution in [0.1, 0.15) is 5.82 Å². The number of imidazole rings is 1. The maximum atomic E-state index is 4.41. The van der Waals surface area contributed by atoms with Gasteiger partial charge in [-0.25, -0.2) is 0 Å². The van der Waals surface area contributed by atoms with Crippen molar-refractivity contribution >= 4 is 0 Å². The molecule has 14 heavy (non-hydrogen) atoms. The molecule has 0 fully saturated rings. The Labute approximate surface area is 98.2 Å². The zero-order valence-electron chi connectivity index (χ0n) is 8.10. The van der Waals surface area contributed by atoms with Crippen molar-refractivity contribution in [2.24, 2.45) is 7.05 Å². The Morgan fingerprint density at radius 2 is 2.14 bits per heavy atom. The minimum absolute atomic E-state index is 0. The van der Waals surface area contributed by atoms with Crippen LogP contribution in [0.4, 0.5) is 0 Å². The van der Waals surface area contributed by atoms with Gasteiger partial charge in [-0.15, -0.1) is 35.9 Å². The molecule has 76 valence electrons. The topological polar surface area (TPSA) is 17.8 Å². The first kappa shape index (κ1) is 11.2. The first-order valence-electron chi connectivity index (χ1n) is 4.24. The van der Waals surface area contributed by atoms with Crippen LogP contribution < -0.4 is 0 Å². The Hall–Kier alpha value is -0.882.